The van der Waals surface area contributed by atoms with Crippen LogP contribution in [0.2, 0.25) is 0 Å². The molecule has 5 rings (SSSR count). The highest BCUT2D eigenvalue weighted by Gasteiger charge is 2.04. The molecule has 0 unspecified atom stereocenters. The Hall–Kier alpha value is -4.59. The molecule has 204 valence electrons. The summed E-state index contributed by atoms with van der Waals surface area (Å²) in [5.41, 5.74) is 14.3. The Morgan fingerprint density at radius 2 is 1.10 bits per heavy atom. The number of anilines is 1. The van der Waals surface area contributed by atoms with Crippen molar-refractivity contribution in [2.24, 2.45) is 12.8 Å². The first-order valence-corrected chi connectivity index (χ1v) is 13.0. The van der Waals surface area contributed by atoms with Crippen molar-refractivity contribution < 1.29 is 0 Å². The van der Waals surface area contributed by atoms with Crippen molar-refractivity contribution in [3.8, 4) is 6.07 Å². The molecule has 39 heavy (non-hydrogen) atoms. The summed E-state index contributed by atoms with van der Waals surface area (Å²) < 4.78 is 2.24. The first kappa shape index (κ1) is 34.4. The first-order chi connectivity index (χ1) is 19.1. The number of nitrogen functional groups attached to an aromatic ring is 1. The van der Waals surface area contributed by atoms with Crippen molar-refractivity contribution >= 4 is 27.5 Å². The Morgan fingerprint density at radius 1 is 0.744 bits per heavy atom. The number of benzene rings is 4. The fourth-order valence-corrected chi connectivity index (χ4v) is 3.25. The second-order valence-electron chi connectivity index (χ2n) is 7.67. The van der Waals surface area contributed by atoms with E-state index in [9.17, 15) is 0 Å². The van der Waals surface area contributed by atoms with Crippen molar-refractivity contribution in [3.05, 3.63) is 140 Å². The molecule has 4 aromatic carbocycles. The van der Waals surface area contributed by atoms with Crippen molar-refractivity contribution in [2.75, 3.05) is 12.8 Å². The molecule has 5 aromatic rings. The average molecular weight is 521 g/mol. The van der Waals surface area contributed by atoms with Crippen LogP contribution in [0, 0.1) is 11.3 Å². The number of aryl methyl sites for hydroxylation is 1. The van der Waals surface area contributed by atoms with Crippen LogP contribution in [0.3, 0.4) is 0 Å². The fraction of sp³-hybridized carbons (Fsp3) is 0.171. The number of allylic oxidation sites excluding steroid dienone is 3. The van der Waals surface area contributed by atoms with Gasteiger partial charge >= 0.3 is 0 Å². The number of nitrogens with two attached hydrogens (primary N) is 2. The third-order valence-corrected chi connectivity index (χ3v) is 5.12. The van der Waals surface area contributed by atoms with Gasteiger partial charge in [0, 0.05) is 34.5 Å². The van der Waals surface area contributed by atoms with Gasteiger partial charge in [0.1, 0.15) is 0 Å². The molecule has 0 aliphatic carbocycles. The van der Waals surface area contributed by atoms with E-state index < -0.39 is 0 Å². The lowest BCUT2D eigenvalue weighted by molar-refractivity contribution is 1.01. The molecule has 4 heteroatoms. The zero-order valence-corrected chi connectivity index (χ0v) is 24.1. The summed E-state index contributed by atoms with van der Waals surface area (Å²) in [7, 11) is 3.62. The van der Waals surface area contributed by atoms with E-state index in [1.54, 1.807) is 6.08 Å². The minimum Gasteiger partial charge on any atom is -0.399 e. The maximum absolute atomic E-state index is 8.08. The van der Waals surface area contributed by atoms with E-state index in [0.29, 0.717) is 6.42 Å². The monoisotopic (exact) mass is 520 g/mol. The highest BCUT2D eigenvalue weighted by atomic mass is 14.9. The summed E-state index contributed by atoms with van der Waals surface area (Å²) in [6.07, 6.45) is 4.06. The van der Waals surface area contributed by atoms with Gasteiger partial charge in [-0.2, -0.15) is 5.26 Å². The number of nitriles is 1. The average Bonchev–Trinajstić information content (AvgIpc) is 3.32. The maximum Gasteiger partial charge on any atom is 0.0663 e. The predicted octanol–water partition coefficient (Wildman–Crippen LogP) is 8.92. The largest absolute Gasteiger partial charge is 0.399 e. The minimum absolute atomic E-state index is 0.484. The number of para-hydroxylation sites is 3. The molecule has 1 heterocycles. The fourth-order valence-electron chi connectivity index (χ4n) is 3.25. The zero-order valence-electron chi connectivity index (χ0n) is 24.1. The SMILES string of the molecule is C=C/C(C)=C\CC#N.CC.CN.Cn1c2ccccc2c2ccccc21.Nc1ccccc1.c1ccccc1. The van der Waals surface area contributed by atoms with Crippen molar-refractivity contribution in [1.82, 2.24) is 4.57 Å². The summed E-state index contributed by atoms with van der Waals surface area (Å²) in [4.78, 5) is 0. The molecule has 4 N–H and O–H groups in total. The summed E-state index contributed by atoms with van der Waals surface area (Å²) in [5, 5.41) is 10.8. The van der Waals surface area contributed by atoms with E-state index in [1.807, 2.05) is 99.6 Å². The van der Waals surface area contributed by atoms with E-state index in [0.717, 1.165) is 11.3 Å². The van der Waals surface area contributed by atoms with Gasteiger partial charge in [0.05, 0.1) is 12.5 Å². The molecule has 0 amide bonds. The van der Waals surface area contributed by atoms with Gasteiger partial charge in [0.15, 0.2) is 0 Å². The lowest BCUT2D eigenvalue weighted by atomic mass is 10.2. The number of hydrogen-bond donors (Lipinski definition) is 2. The third-order valence-electron chi connectivity index (χ3n) is 5.12. The number of nitrogens with zero attached hydrogens (tertiary/aromatic N) is 2. The van der Waals surface area contributed by atoms with Crippen LogP contribution >= 0.6 is 0 Å². The van der Waals surface area contributed by atoms with Crippen LogP contribution in [0.1, 0.15) is 27.2 Å². The summed E-state index contributed by atoms with van der Waals surface area (Å²) in [6.45, 7) is 9.46. The molecule has 0 bridgehead atoms. The maximum atomic E-state index is 8.08. The Labute approximate surface area is 235 Å². The van der Waals surface area contributed by atoms with Gasteiger partial charge in [0.2, 0.25) is 0 Å². The molecule has 0 aliphatic rings. The molecular formula is C35H44N4. The third kappa shape index (κ3) is 13.5. The van der Waals surface area contributed by atoms with Gasteiger partial charge in [-0.05, 0) is 38.2 Å². The first-order valence-electron chi connectivity index (χ1n) is 13.0. The van der Waals surface area contributed by atoms with Crippen LogP contribution in [0.5, 0.6) is 0 Å². The molecule has 0 fully saturated rings. The normalized spacial score (nSPS) is 9.21. The van der Waals surface area contributed by atoms with Crippen LogP contribution < -0.4 is 11.5 Å². The lowest BCUT2D eigenvalue weighted by Crippen LogP contribution is -1.84. The van der Waals surface area contributed by atoms with Gasteiger partial charge in [-0.15, -0.1) is 0 Å². The Morgan fingerprint density at radius 3 is 1.44 bits per heavy atom. The highest BCUT2D eigenvalue weighted by molar-refractivity contribution is 6.07. The predicted molar refractivity (Wildman–Crippen MR) is 173 cm³/mol. The standard InChI is InChI=1S/C13H11N.C7H9N.C6H7N.C6H6.C2H6.CH5N/c1-14-12-8-4-2-6-10(12)11-7-3-5-9-13(11)14;1-3-7(2)5-4-6-8;7-6-4-2-1-3-5-6;1-2-4-6-5-3-1;2*1-2/h2-9H,1H3;3,5H,1,4H2,2H3;1-5H,7H2;1-6H;1-2H3;2H2,1H3/b;7-5-;;;;. The molecule has 0 radical (unpaired) electrons. The van der Waals surface area contributed by atoms with Crippen molar-refractivity contribution in [1.29, 1.82) is 5.26 Å². The van der Waals surface area contributed by atoms with Crippen LogP contribution in [-0.4, -0.2) is 11.6 Å². The topological polar surface area (TPSA) is 80.8 Å². The Kier molecular flexibility index (Phi) is 19.9. The Bertz CT molecular complexity index is 1280. The quantitative estimate of drug-likeness (QED) is 0.180. The Balaban J connectivity index is 0.000000502. The number of aromatic nitrogens is 1. The van der Waals surface area contributed by atoms with E-state index in [1.165, 1.54) is 28.9 Å². The smallest absolute Gasteiger partial charge is 0.0663 e. The van der Waals surface area contributed by atoms with E-state index in [-0.39, 0.29) is 0 Å². The van der Waals surface area contributed by atoms with Gasteiger partial charge in [-0.3, -0.25) is 0 Å². The lowest BCUT2D eigenvalue weighted by Gasteiger charge is -1.95. The van der Waals surface area contributed by atoms with Gasteiger partial charge < -0.3 is 16.0 Å². The summed E-state index contributed by atoms with van der Waals surface area (Å²) >= 11 is 0. The van der Waals surface area contributed by atoms with Gasteiger partial charge in [-0.25, -0.2) is 0 Å². The summed E-state index contributed by atoms with van der Waals surface area (Å²) in [6, 6.07) is 40.5. The number of fused-ring (bicyclic) bond motifs is 3. The molecule has 4 nitrogen and oxygen atoms in total. The minimum atomic E-state index is 0.484. The van der Waals surface area contributed by atoms with E-state index in [2.05, 4.69) is 72.5 Å². The highest BCUT2D eigenvalue weighted by Crippen LogP contribution is 2.27. The number of hydrogen-bond acceptors (Lipinski definition) is 3. The second-order valence-corrected chi connectivity index (χ2v) is 7.67. The van der Waals surface area contributed by atoms with E-state index >= 15 is 0 Å². The molecule has 0 atom stereocenters. The summed E-state index contributed by atoms with van der Waals surface area (Å²) in [5.74, 6) is 0. The van der Waals surface area contributed by atoms with Crippen LogP contribution in [0.4, 0.5) is 5.69 Å². The molecule has 0 saturated carbocycles. The molecule has 0 aliphatic heterocycles. The zero-order chi connectivity index (χ0) is 29.3. The van der Waals surface area contributed by atoms with Crippen molar-refractivity contribution in [2.45, 2.75) is 27.2 Å². The van der Waals surface area contributed by atoms with Crippen LogP contribution in [0.25, 0.3) is 21.8 Å². The molecule has 0 spiro atoms. The van der Waals surface area contributed by atoms with Gasteiger partial charge in [0.25, 0.3) is 0 Å². The molecule has 1 aromatic heterocycles. The van der Waals surface area contributed by atoms with Crippen molar-refractivity contribution in [3.63, 3.8) is 0 Å². The van der Waals surface area contributed by atoms with Gasteiger partial charge in [-0.1, -0.05) is 129 Å². The van der Waals surface area contributed by atoms with Crippen LogP contribution in [-0.2, 0) is 7.05 Å². The van der Waals surface area contributed by atoms with E-state index in [4.69, 9.17) is 11.0 Å². The second kappa shape index (κ2) is 22.6. The van der Waals surface area contributed by atoms with Crippen LogP contribution in [0.15, 0.2) is 140 Å². The molecule has 0 saturated heterocycles. The number of rotatable bonds is 2. The molecular weight excluding hydrogens is 476 g/mol.